The molecule has 2 atom stereocenters. The van der Waals surface area contributed by atoms with Gasteiger partial charge in [0, 0.05) is 38.4 Å². The van der Waals surface area contributed by atoms with E-state index in [1.807, 2.05) is 30.3 Å². The van der Waals surface area contributed by atoms with Crippen LogP contribution in [0.5, 0.6) is 0 Å². The fraction of sp³-hybridized carbons (Fsp3) is 0.321. The fourth-order valence-corrected chi connectivity index (χ4v) is 5.28. The van der Waals surface area contributed by atoms with Gasteiger partial charge in [-0.25, -0.2) is 0 Å². The van der Waals surface area contributed by atoms with Crippen molar-refractivity contribution in [2.45, 2.75) is 31.7 Å². The Labute approximate surface area is 203 Å². The van der Waals surface area contributed by atoms with E-state index in [4.69, 9.17) is 0 Å². The SMILES string of the molecule is O=C(NCc1cccc(C(F)(F)F)c1)[C@@H]1Cc2ccccc2N2CCN(Cc3ccccc3)C[C@H]12. The van der Waals surface area contributed by atoms with Crippen molar-refractivity contribution in [3.63, 3.8) is 0 Å². The Morgan fingerprint density at radius 3 is 2.46 bits per heavy atom. The third-order valence-corrected chi connectivity index (χ3v) is 7.01. The zero-order chi connectivity index (χ0) is 24.4. The van der Waals surface area contributed by atoms with Crippen molar-refractivity contribution in [3.8, 4) is 0 Å². The molecule has 2 aliphatic rings. The summed E-state index contributed by atoms with van der Waals surface area (Å²) in [5, 5.41) is 2.92. The van der Waals surface area contributed by atoms with E-state index in [1.54, 1.807) is 6.07 Å². The van der Waals surface area contributed by atoms with Crippen molar-refractivity contribution in [3.05, 3.63) is 101 Å². The van der Waals surface area contributed by atoms with Crippen molar-refractivity contribution in [1.82, 2.24) is 10.2 Å². The summed E-state index contributed by atoms with van der Waals surface area (Å²) in [6.07, 6.45) is -3.79. The van der Waals surface area contributed by atoms with Gasteiger partial charge in [-0.3, -0.25) is 9.69 Å². The van der Waals surface area contributed by atoms with Crippen molar-refractivity contribution >= 4 is 11.6 Å². The van der Waals surface area contributed by atoms with Gasteiger partial charge in [-0.2, -0.15) is 13.2 Å². The molecule has 1 amide bonds. The van der Waals surface area contributed by atoms with Gasteiger partial charge in [0.25, 0.3) is 0 Å². The van der Waals surface area contributed by atoms with Gasteiger partial charge in [0.2, 0.25) is 5.91 Å². The molecule has 0 aliphatic carbocycles. The third-order valence-electron chi connectivity index (χ3n) is 7.01. The molecule has 0 bridgehead atoms. The number of piperazine rings is 1. The lowest BCUT2D eigenvalue weighted by atomic mass is 9.83. The number of carbonyl (C=O) groups excluding carboxylic acids is 1. The normalized spacial score (nSPS) is 20.1. The Balaban J connectivity index is 1.33. The number of amides is 1. The summed E-state index contributed by atoms with van der Waals surface area (Å²) in [5.41, 5.74) is 3.29. The van der Waals surface area contributed by atoms with Crippen LogP contribution >= 0.6 is 0 Å². The Morgan fingerprint density at radius 2 is 1.66 bits per heavy atom. The molecule has 0 radical (unpaired) electrons. The molecular formula is C28H28F3N3O. The van der Waals surface area contributed by atoms with E-state index >= 15 is 0 Å². The second-order valence-electron chi connectivity index (χ2n) is 9.34. The number of nitrogens with zero attached hydrogens (tertiary/aromatic N) is 2. The highest BCUT2D eigenvalue weighted by Gasteiger charge is 2.41. The first kappa shape index (κ1) is 23.4. The fourth-order valence-electron chi connectivity index (χ4n) is 5.28. The van der Waals surface area contributed by atoms with E-state index in [0.29, 0.717) is 12.0 Å². The zero-order valence-electron chi connectivity index (χ0n) is 19.3. The summed E-state index contributed by atoms with van der Waals surface area (Å²) < 4.78 is 39.2. The van der Waals surface area contributed by atoms with E-state index in [0.717, 1.165) is 43.9 Å². The molecule has 35 heavy (non-hydrogen) atoms. The Morgan fingerprint density at radius 1 is 0.914 bits per heavy atom. The summed E-state index contributed by atoms with van der Waals surface area (Å²) >= 11 is 0. The molecule has 1 fully saturated rings. The van der Waals surface area contributed by atoms with Crippen LogP contribution in [0, 0.1) is 5.92 Å². The van der Waals surface area contributed by atoms with Gasteiger partial charge in [-0.05, 0) is 41.3 Å². The standard InChI is InChI=1S/C28H28F3N3O/c29-28(30,31)23-11-6-9-21(15-23)17-32-27(35)24-16-22-10-4-5-12-25(22)34-14-13-33(19-26(24)34)18-20-7-2-1-3-8-20/h1-12,15,24,26H,13-14,16-19H2,(H,32,35)/t24-,26-/m1/s1. The molecule has 2 heterocycles. The van der Waals surface area contributed by atoms with Crippen LogP contribution in [-0.4, -0.2) is 36.5 Å². The molecule has 1 saturated heterocycles. The number of para-hydroxylation sites is 1. The minimum absolute atomic E-state index is 0.00358. The van der Waals surface area contributed by atoms with Crippen LogP contribution in [0.25, 0.3) is 0 Å². The number of rotatable bonds is 5. The molecule has 1 N–H and O–H groups in total. The van der Waals surface area contributed by atoms with Gasteiger partial charge in [0.1, 0.15) is 0 Å². The Hall–Kier alpha value is -3.32. The minimum Gasteiger partial charge on any atom is -0.365 e. The minimum atomic E-state index is -4.40. The molecule has 0 unspecified atom stereocenters. The average molecular weight is 480 g/mol. The van der Waals surface area contributed by atoms with Crippen molar-refractivity contribution in [2.75, 3.05) is 24.5 Å². The highest BCUT2D eigenvalue weighted by Crippen LogP contribution is 2.36. The number of hydrogen-bond acceptors (Lipinski definition) is 3. The number of alkyl halides is 3. The van der Waals surface area contributed by atoms with Crippen molar-refractivity contribution in [2.24, 2.45) is 5.92 Å². The first-order valence-corrected chi connectivity index (χ1v) is 11.9. The van der Waals surface area contributed by atoms with E-state index in [1.165, 1.54) is 17.3 Å². The van der Waals surface area contributed by atoms with Gasteiger partial charge >= 0.3 is 6.18 Å². The number of fused-ring (bicyclic) bond motifs is 3. The molecule has 2 aliphatic heterocycles. The van der Waals surface area contributed by atoms with E-state index in [9.17, 15) is 18.0 Å². The summed E-state index contributed by atoms with van der Waals surface area (Å²) in [7, 11) is 0. The quantitative estimate of drug-likeness (QED) is 0.566. The monoisotopic (exact) mass is 479 g/mol. The second-order valence-corrected chi connectivity index (χ2v) is 9.34. The number of anilines is 1. The van der Waals surface area contributed by atoms with E-state index in [2.05, 4.69) is 39.4 Å². The number of hydrogen-bond donors (Lipinski definition) is 1. The summed E-state index contributed by atoms with van der Waals surface area (Å²) in [6, 6.07) is 23.6. The smallest absolute Gasteiger partial charge is 0.365 e. The predicted octanol–water partition coefficient (Wildman–Crippen LogP) is 4.88. The molecule has 182 valence electrons. The number of halogens is 3. The molecule has 5 rings (SSSR count). The highest BCUT2D eigenvalue weighted by molar-refractivity contribution is 5.82. The van der Waals surface area contributed by atoms with Gasteiger partial charge in [0.05, 0.1) is 17.5 Å². The van der Waals surface area contributed by atoms with Crippen LogP contribution in [0.2, 0.25) is 0 Å². The van der Waals surface area contributed by atoms with Gasteiger partial charge < -0.3 is 10.2 Å². The lowest BCUT2D eigenvalue weighted by Crippen LogP contribution is -2.60. The lowest BCUT2D eigenvalue weighted by molar-refractivity contribution is -0.137. The van der Waals surface area contributed by atoms with Crippen molar-refractivity contribution < 1.29 is 18.0 Å². The number of benzene rings is 3. The van der Waals surface area contributed by atoms with Gasteiger partial charge in [0.15, 0.2) is 0 Å². The van der Waals surface area contributed by atoms with Crippen LogP contribution in [0.15, 0.2) is 78.9 Å². The molecule has 7 heteroatoms. The molecule has 3 aromatic carbocycles. The third kappa shape index (κ3) is 5.20. The maximum absolute atomic E-state index is 13.4. The van der Waals surface area contributed by atoms with Crippen molar-refractivity contribution in [1.29, 1.82) is 0 Å². The average Bonchev–Trinajstić information content (AvgIpc) is 2.87. The first-order chi connectivity index (χ1) is 16.9. The van der Waals surface area contributed by atoms with Crippen LogP contribution in [0.1, 0.15) is 22.3 Å². The number of carbonyl (C=O) groups is 1. The van der Waals surface area contributed by atoms with Gasteiger partial charge in [-0.1, -0.05) is 60.7 Å². The maximum Gasteiger partial charge on any atom is 0.416 e. The van der Waals surface area contributed by atoms with Gasteiger partial charge in [-0.15, -0.1) is 0 Å². The summed E-state index contributed by atoms with van der Waals surface area (Å²) in [4.78, 5) is 18.1. The summed E-state index contributed by atoms with van der Waals surface area (Å²) in [6.45, 7) is 3.38. The predicted molar refractivity (Wildman–Crippen MR) is 130 cm³/mol. The molecule has 0 aromatic heterocycles. The summed E-state index contributed by atoms with van der Waals surface area (Å²) in [5.74, 6) is -0.400. The molecule has 4 nitrogen and oxygen atoms in total. The van der Waals surface area contributed by atoms with Crippen LogP contribution in [0.4, 0.5) is 18.9 Å². The van der Waals surface area contributed by atoms with Crippen LogP contribution in [-0.2, 0) is 30.5 Å². The lowest BCUT2D eigenvalue weighted by Gasteiger charge is -2.49. The molecular weight excluding hydrogens is 451 g/mol. The molecule has 3 aromatic rings. The largest absolute Gasteiger partial charge is 0.416 e. The molecule has 0 saturated carbocycles. The van der Waals surface area contributed by atoms with E-state index in [-0.39, 0.29) is 24.4 Å². The molecule has 0 spiro atoms. The highest BCUT2D eigenvalue weighted by atomic mass is 19.4. The van der Waals surface area contributed by atoms with Crippen LogP contribution < -0.4 is 10.2 Å². The Kier molecular flexibility index (Phi) is 6.52. The first-order valence-electron chi connectivity index (χ1n) is 11.9. The maximum atomic E-state index is 13.4. The second kappa shape index (κ2) is 9.74. The Bertz CT molecular complexity index is 1180. The zero-order valence-corrected chi connectivity index (χ0v) is 19.3. The van der Waals surface area contributed by atoms with Crippen LogP contribution in [0.3, 0.4) is 0 Å². The topological polar surface area (TPSA) is 35.6 Å². The van der Waals surface area contributed by atoms with E-state index < -0.39 is 11.7 Å². The number of nitrogens with one attached hydrogen (secondary N) is 1.